The number of hydrogen-bond donors (Lipinski definition) is 0. The third-order valence-corrected chi connectivity index (χ3v) is 6.21. The van der Waals surface area contributed by atoms with E-state index >= 15 is 0 Å². The Labute approximate surface area is 184 Å². The van der Waals surface area contributed by atoms with Crippen LogP contribution >= 0.6 is 11.8 Å². The fourth-order valence-electron chi connectivity index (χ4n) is 3.33. The van der Waals surface area contributed by atoms with Crippen LogP contribution in [0, 0.1) is 20.8 Å². The van der Waals surface area contributed by atoms with Gasteiger partial charge in [-0.15, -0.1) is 5.10 Å². The third kappa shape index (κ3) is 4.25. The van der Waals surface area contributed by atoms with Gasteiger partial charge in [-0.2, -0.15) is 0 Å². The van der Waals surface area contributed by atoms with Gasteiger partial charge in [0.15, 0.2) is 5.65 Å². The van der Waals surface area contributed by atoms with Crippen molar-refractivity contribution in [2.24, 2.45) is 0 Å². The lowest BCUT2D eigenvalue weighted by molar-refractivity contribution is -0.119. The van der Waals surface area contributed by atoms with E-state index in [4.69, 9.17) is 0 Å². The smallest absolute Gasteiger partial charge is 0.314 e. The van der Waals surface area contributed by atoms with Crippen molar-refractivity contribution in [2.75, 3.05) is 11.9 Å². The summed E-state index contributed by atoms with van der Waals surface area (Å²) in [4.78, 5) is 32.7. The molecule has 0 spiro atoms. The second-order valence-corrected chi connectivity index (χ2v) is 8.56. The number of likely N-dealkylation sites (N-methyl/N-ethyl adjacent to an activating group) is 1. The van der Waals surface area contributed by atoms with Gasteiger partial charge in [-0.05, 0) is 50.1 Å². The van der Waals surface area contributed by atoms with Gasteiger partial charge in [0.25, 0.3) is 0 Å². The second kappa shape index (κ2) is 8.39. The molecule has 0 aliphatic heterocycles. The normalized spacial score (nSPS) is 11.1. The molecule has 0 N–H and O–H groups in total. The molecule has 0 aliphatic rings. The van der Waals surface area contributed by atoms with Crippen LogP contribution in [0.2, 0.25) is 0 Å². The molecule has 7 nitrogen and oxygen atoms in total. The van der Waals surface area contributed by atoms with Gasteiger partial charge in [-0.25, -0.2) is 18.9 Å². The van der Waals surface area contributed by atoms with E-state index in [1.807, 2.05) is 57.2 Å². The number of anilines is 1. The van der Waals surface area contributed by atoms with E-state index in [1.54, 1.807) is 19.4 Å². The minimum Gasteiger partial charge on any atom is -0.314 e. The van der Waals surface area contributed by atoms with Gasteiger partial charge in [-0.3, -0.25) is 4.79 Å². The Morgan fingerprint density at radius 3 is 2.61 bits per heavy atom. The first-order valence-corrected chi connectivity index (χ1v) is 10.7. The predicted octanol–water partition coefficient (Wildman–Crippen LogP) is 3.63. The van der Waals surface area contributed by atoms with E-state index in [-0.39, 0.29) is 18.1 Å². The number of carbonyl (C=O) groups is 1. The topological polar surface area (TPSA) is 72.5 Å². The third-order valence-electron chi connectivity index (χ3n) is 5.05. The fourth-order valence-corrected chi connectivity index (χ4v) is 4.24. The van der Waals surface area contributed by atoms with Crippen molar-refractivity contribution in [1.29, 1.82) is 0 Å². The van der Waals surface area contributed by atoms with Crippen LogP contribution in [0.4, 0.5) is 5.69 Å². The SMILES string of the molecule is Cc1cccc(N(C)C(=O)Cn2nc3c(Sc4ccc(C)cc4C)nccn3c2=O)c1. The highest BCUT2D eigenvalue weighted by atomic mass is 32.2. The van der Waals surface area contributed by atoms with E-state index in [2.05, 4.69) is 16.1 Å². The molecule has 31 heavy (non-hydrogen) atoms. The highest BCUT2D eigenvalue weighted by molar-refractivity contribution is 7.99. The molecule has 158 valence electrons. The predicted molar refractivity (Wildman–Crippen MR) is 122 cm³/mol. The largest absolute Gasteiger partial charge is 0.350 e. The molecule has 2 aromatic heterocycles. The van der Waals surface area contributed by atoms with Crippen molar-refractivity contribution in [1.82, 2.24) is 19.2 Å². The second-order valence-electron chi connectivity index (χ2n) is 7.53. The summed E-state index contributed by atoms with van der Waals surface area (Å²) >= 11 is 1.46. The minimum absolute atomic E-state index is 0.154. The van der Waals surface area contributed by atoms with Crippen LogP contribution in [0.15, 0.2) is 69.6 Å². The molecule has 0 atom stereocenters. The van der Waals surface area contributed by atoms with Gasteiger partial charge in [-0.1, -0.05) is 41.6 Å². The zero-order valence-electron chi connectivity index (χ0n) is 17.9. The standard InChI is InChI=1S/C23H23N5O2S/c1-15-6-5-7-18(13-15)26(4)20(29)14-28-23(30)27-11-10-24-22(21(27)25-28)31-19-9-8-16(2)12-17(19)3/h5-13H,14H2,1-4H3. The zero-order valence-corrected chi connectivity index (χ0v) is 18.7. The van der Waals surface area contributed by atoms with Crippen LogP contribution in [0.1, 0.15) is 16.7 Å². The number of rotatable bonds is 5. The summed E-state index contributed by atoms with van der Waals surface area (Å²) in [6.45, 7) is 5.90. The lowest BCUT2D eigenvalue weighted by atomic mass is 10.2. The van der Waals surface area contributed by atoms with Gasteiger partial charge in [0, 0.05) is 30.0 Å². The molecule has 0 fully saturated rings. The van der Waals surface area contributed by atoms with E-state index in [0.29, 0.717) is 10.7 Å². The molecule has 0 bridgehead atoms. The van der Waals surface area contributed by atoms with Gasteiger partial charge in [0.05, 0.1) is 0 Å². The number of aromatic nitrogens is 4. The summed E-state index contributed by atoms with van der Waals surface area (Å²) in [5.74, 6) is -0.229. The average molecular weight is 434 g/mol. The van der Waals surface area contributed by atoms with Crippen molar-refractivity contribution in [3.63, 3.8) is 0 Å². The number of amides is 1. The van der Waals surface area contributed by atoms with E-state index in [0.717, 1.165) is 21.7 Å². The van der Waals surface area contributed by atoms with Crippen LogP contribution in [0.25, 0.3) is 5.65 Å². The summed E-state index contributed by atoms with van der Waals surface area (Å²) in [5.41, 5.74) is 4.21. The van der Waals surface area contributed by atoms with E-state index < -0.39 is 0 Å². The lowest BCUT2D eigenvalue weighted by Gasteiger charge is -2.17. The number of fused-ring (bicyclic) bond motifs is 1. The molecule has 0 radical (unpaired) electrons. The quantitative estimate of drug-likeness (QED) is 0.481. The van der Waals surface area contributed by atoms with Gasteiger partial charge in [0.2, 0.25) is 5.91 Å². The van der Waals surface area contributed by atoms with Gasteiger partial charge >= 0.3 is 5.69 Å². The molecule has 8 heteroatoms. The molecule has 0 saturated carbocycles. The Morgan fingerprint density at radius 2 is 1.87 bits per heavy atom. The monoisotopic (exact) mass is 433 g/mol. The Morgan fingerprint density at radius 1 is 1.10 bits per heavy atom. The Hall–Kier alpha value is -3.39. The molecule has 0 aliphatic carbocycles. The molecule has 4 rings (SSSR count). The average Bonchev–Trinajstić information content (AvgIpc) is 3.06. The Kier molecular flexibility index (Phi) is 5.65. The first kappa shape index (κ1) is 20.9. The van der Waals surface area contributed by atoms with Crippen LogP contribution < -0.4 is 10.6 Å². The fraction of sp³-hybridized carbons (Fsp3) is 0.217. The maximum atomic E-state index is 12.8. The zero-order chi connectivity index (χ0) is 22.1. The molecule has 0 saturated heterocycles. The van der Waals surface area contributed by atoms with Crippen LogP contribution in [0.3, 0.4) is 0 Å². The highest BCUT2D eigenvalue weighted by Gasteiger charge is 2.18. The molecule has 2 aromatic carbocycles. The maximum absolute atomic E-state index is 12.8. The first-order chi connectivity index (χ1) is 14.8. The number of benzene rings is 2. The lowest BCUT2D eigenvalue weighted by Crippen LogP contribution is -2.34. The van der Waals surface area contributed by atoms with Crippen molar-refractivity contribution in [3.8, 4) is 0 Å². The summed E-state index contributed by atoms with van der Waals surface area (Å²) in [5, 5.41) is 5.04. The van der Waals surface area contributed by atoms with Crippen molar-refractivity contribution < 1.29 is 4.79 Å². The highest BCUT2D eigenvalue weighted by Crippen LogP contribution is 2.31. The van der Waals surface area contributed by atoms with Crippen molar-refractivity contribution in [2.45, 2.75) is 37.2 Å². The summed E-state index contributed by atoms with van der Waals surface area (Å²) in [7, 11) is 1.70. The molecule has 1 amide bonds. The number of carbonyl (C=O) groups excluding carboxylic acids is 1. The Bertz CT molecular complexity index is 1340. The summed E-state index contributed by atoms with van der Waals surface area (Å²) < 4.78 is 2.62. The number of hydrogen-bond acceptors (Lipinski definition) is 5. The Balaban J connectivity index is 1.64. The molecule has 4 aromatic rings. The maximum Gasteiger partial charge on any atom is 0.350 e. The van der Waals surface area contributed by atoms with Gasteiger partial charge < -0.3 is 4.90 Å². The molecule has 0 unspecified atom stereocenters. The molecular formula is C23H23N5O2S. The van der Waals surface area contributed by atoms with E-state index in [9.17, 15) is 9.59 Å². The van der Waals surface area contributed by atoms with E-state index in [1.165, 1.54) is 31.3 Å². The van der Waals surface area contributed by atoms with Gasteiger partial charge in [0.1, 0.15) is 11.6 Å². The van der Waals surface area contributed by atoms with Crippen molar-refractivity contribution >= 4 is 29.0 Å². The minimum atomic E-state index is -0.370. The summed E-state index contributed by atoms with van der Waals surface area (Å²) in [6.07, 6.45) is 3.15. The van der Waals surface area contributed by atoms with Crippen LogP contribution in [-0.4, -0.2) is 32.1 Å². The first-order valence-electron chi connectivity index (χ1n) is 9.86. The number of aryl methyl sites for hydroxylation is 3. The molecular weight excluding hydrogens is 410 g/mol. The van der Waals surface area contributed by atoms with Crippen LogP contribution in [0.5, 0.6) is 0 Å². The van der Waals surface area contributed by atoms with Crippen molar-refractivity contribution in [3.05, 3.63) is 82.0 Å². The summed E-state index contributed by atoms with van der Waals surface area (Å²) in [6, 6.07) is 13.8. The molecule has 2 heterocycles. The number of nitrogens with zero attached hydrogens (tertiary/aromatic N) is 5. The van der Waals surface area contributed by atoms with Crippen LogP contribution in [-0.2, 0) is 11.3 Å².